The van der Waals surface area contributed by atoms with Crippen LogP contribution in [0, 0.1) is 0 Å². The van der Waals surface area contributed by atoms with Gasteiger partial charge in [0.1, 0.15) is 0 Å². The Balaban J connectivity index is 1.81. The maximum atomic E-state index is 3.94. The van der Waals surface area contributed by atoms with Gasteiger partial charge in [0.2, 0.25) is 0 Å². The summed E-state index contributed by atoms with van der Waals surface area (Å²) < 4.78 is 0. The Bertz CT molecular complexity index is 507. The fourth-order valence-corrected chi connectivity index (χ4v) is 6.55. The van der Waals surface area contributed by atoms with Crippen LogP contribution in [0.5, 0.6) is 0 Å². The molecule has 2 atom stereocenters. The topological polar surface area (TPSA) is 12.0 Å². The molecule has 0 aliphatic carbocycles. The molecule has 1 fully saturated rings. The molecule has 1 aliphatic rings. The van der Waals surface area contributed by atoms with Gasteiger partial charge in [-0.1, -0.05) is 74.0 Å². The molecule has 1 N–H and O–H groups in total. The van der Waals surface area contributed by atoms with E-state index in [0.717, 1.165) is 6.54 Å². The average molecular weight is 311 g/mol. The van der Waals surface area contributed by atoms with E-state index in [1.165, 1.54) is 36.8 Å². The summed E-state index contributed by atoms with van der Waals surface area (Å²) in [5, 5.41) is 3.94. The van der Waals surface area contributed by atoms with Crippen LogP contribution < -0.4 is 5.09 Å². The third-order valence-electron chi connectivity index (χ3n) is 4.58. The zero-order valence-corrected chi connectivity index (χ0v) is 14.3. The number of nitrogens with one attached hydrogen (secondary N) is 1. The Labute approximate surface area is 136 Å². The standard InChI is InChI=1S/C20H26NP/c1-2-3-16-21-22-19(17-10-6-4-7-11-17)14-15-20(22)18-12-8-5-9-13-18/h4-13,19-21H,2-3,14-16H2,1H3/t19-,20-/m0/s1. The smallest absolute Gasteiger partial charge is 0.0178 e. The Morgan fingerprint density at radius 3 is 1.82 bits per heavy atom. The van der Waals surface area contributed by atoms with Crippen LogP contribution in [0.15, 0.2) is 60.7 Å². The summed E-state index contributed by atoms with van der Waals surface area (Å²) in [7, 11) is -0.186. The highest BCUT2D eigenvalue weighted by molar-refractivity contribution is 7.56. The highest BCUT2D eigenvalue weighted by atomic mass is 31.1. The predicted octanol–water partition coefficient (Wildman–Crippen LogP) is 6.05. The number of unbranched alkanes of at least 4 members (excludes halogenated alkanes) is 1. The van der Waals surface area contributed by atoms with Gasteiger partial charge in [0.25, 0.3) is 0 Å². The lowest BCUT2D eigenvalue weighted by atomic mass is 10.0. The summed E-state index contributed by atoms with van der Waals surface area (Å²) in [6, 6.07) is 22.2. The van der Waals surface area contributed by atoms with Crippen LogP contribution in [-0.4, -0.2) is 6.54 Å². The lowest BCUT2D eigenvalue weighted by Gasteiger charge is -2.27. The third kappa shape index (κ3) is 3.59. The van der Waals surface area contributed by atoms with Crippen molar-refractivity contribution < 1.29 is 0 Å². The van der Waals surface area contributed by atoms with Gasteiger partial charge in [-0.25, -0.2) is 0 Å². The van der Waals surface area contributed by atoms with Crippen LogP contribution in [0.3, 0.4) is 0 Å². The molecule has 0 unspecified atom stereocenters. The molecule has 2 aromatic carbocycles. The zero-order chi connectivity index (χ0) is 15.2. The summed E-state index contributed by atoms with van der Waals surface area (Å²) in [5.41, 5.74) is 4.46. The van der Waals surface area contributed by atoms with Gasteiger partial charge in [-0.2, -0.15) is 0 Å². The predicted molar refractivity (Wildman–Crippen MR) is 97.4 cm³/mol. The zero-order valence-electron chi connectivity index (χ0n) is 13.4. The van der Waals surface area contributed by atoms with E-state index in [1.807, 2.05) is 0 Å². The van der Waals surface area contributed by atoms with Gasteiger partial charge >= 0.3 is 0 Å². The minimum atomic E-state index is -0.186. The van der Waals surface area contributed by atoms with Gasteiger partial charge in [-0.3, -0.25) is 5.09 Å². The fourth-order valence-electron chi connectivity index (χ4n) is 3.42. The van der Waals surface area contributed by atoms with Gasteiger partial charge in [-0.15, -0.1) is 0 Å². The average Bonchev–Trinajstić information content (AvgIpc) is 3.01. The first-order valence-electron chi connectivity index (χ1n) is 8.52. The van der Waals surface area contributed by atoms with Crippen LogP contribution >= 0.6 is 8.07 Å². The molecule has 3 rings (SSSR count). The molecule has 0 saturated carbocycles. The first-order valence-corrected chi connectivity index (χ1v) is 10.00. The van der Waals surface area contributed by atoms with Crippen molar-refractivity contribution in [2.75, 3.05) is 6.54 Å². The normalized spacial score (nSPS) is 22.0. The number of rotatable bonds is 6. The lowest BCUT2D eigenvalue weighted by molar-refractivity contribution is 0.764. The van der Waals surface area contributed by atoms with Crippen LogP contribution in [0.4, 0.5) is 0 Å². The fraction of sp³-hybridized carbons (Fsp3) is 0.400. The molecular weight excluding hydrogens is 285 g/mol. The molecule has 1 nitrogen and oxygen atoms in total. The first-order chi connectivity index (χ1) is 10.9. The third-order valence-corrected chi connectivity index (χ3v) is 7.62. The van der Waals surface area contributed by atoms with Crippen LogP contribution in [-0.2, 0) is 0 Å². The molecule has 1 saturated heterocycles. The quantitative estimate of drug-likeness (QED) is 0.506. The monoisotopic (exact) mass is 311 g/mol. The first kappa shape index (κ1) is 15.7. The Hall–Kier alpha value is -1.17. The second-order valence-corrected chi connectivity index (χ2v) is 8.48. The molecule has 0 aromatic heterocycles. The van der Waals surface area contributed by atoms with Crippen molar-refractivity contribution in [1.29, 1.82) is 0 Å². The van der Waals surface area contributed by atoms with Crippen LogP contribution in [0.1, 0.15) is 55.1 Å². The highest BCUT2D eigenvalue weighted by Gasteiger charge is 2.37. The Morgan fingerprint density at radius 2 is 1.36 bits per heavy atom. The van der Waals surface area contributed by atoms with Crippen LogP contribution in [0.2, 0.25) is 0 Å². The second kappa shape index (κ2) is 7.90. The molecule has 0 bridgehead atoms. The van der Waals surface area contributed by atoms with E-state index in [1.54, 1.807) is 0 Å². The molecule has 22 heavy (non-hydrogen) atoms. The van der Waals surface area contributed by atoms with E-state index >= 15 is 0 Å². The SMILES string of the molecule is CCCCNP1[C@H](c2ccccc2)CC[C@H]1c1ccccc1. The van der Waals surface area contributed by atoms with E-state index in [4.69, 9.17) is 0 Å². The van der Waals surface area contributed by atoms with E-state index in [-0.39, 0.29) is 8.07 Å². The van der Waals surface area contributed by atoms with Crippen molar-refractivity contribution in [3.63, 3.8) is 0 Å². The van der Waals surface area contributed by atoms with Crippen LogP contribution in [0.25, 0.3) is 0 Å². The molecule has 0 spiro atoms. The van der Waals surface area contributed by atoms with E-state index in [0.29, 0.717) is 11.3 Å². The summed E-state index contributed by atoms with van der Waals surface area (Å²) in [5.74, 6) is 0. The number of benzene rings is 2. The van der Waals surface area contributed by atoms with Gasteiger partial charge in [0.15, 0.2) is 0 Å². The van der Waals surface area contributed by atoms with Crippen molar-refractivity contribution in [1.82, 2.24) is 5.09 Å². The Kier molecular flexibility index (Phi) is 5.64. The minimum absolute atomic E-state index is 0.186. The molecular formula is C20H26NP. The molecule has 0 amide bonds. The van der Waals surface area contributed by atoms with E-state index in [9.17, 15) is 0 Å². The van der Waals surface area contributed by atoms with E-state index in [2.05, 4.69) is 72.7 Å². The summed E-state index contributed by atoms with van der Waals surface area (Å²) in [4.78, 5) is 0. The largest absolute Gasteiger partial charge is 0.295 e. The molecule has 0 radical (unpaired) electrons. The van der Waals surface area contributed by atoms with Crippen molar-refractivity contribution in [3.05, 3.63) is 71.8 Å². The lowest BCUT2D eigenvalue weighted by Crippen LogP contribution is -2.13. The summed E-state index contributed by atoms with van der Waals surface area (Å²) >= 11 is 0. The molecule has 116 valence electrons. The number of hydrogen-bond donors (Lipinski definition) is 1. The molecule has 2 heteroatoms. The molecule has 2 aromatic rings. The van der Waals surface area contributed by atoms with E-state index < -0.39 is 0 Å². The molecule has 1 aliphatic heterocycles. The van der Waals surface area contributed by atoms with Gasteiger partial charge < -0.3 is 0 Å². The summed E-state index contributed by atoms with van der Waals surface area (Å²) in [6.07, 6.45) is 5.17. The second-order valence-electron chi connectivity index (χ2n) is 6.10. The highest BCUT2D eigenvalue weighted by Crippen LogP contribution is 2.67. The maximum absolute atomic E-state index is 3.94. The molecule has 1 heterocycles. The summed E-state index contributed by atoms with van der Waals surface area (Å²) in [6.45, 7) is 3.43. The van der Waals surface area contributed by atoms with Gasteiger partial charge in [-0.05, 0) is 45.0 Å². The minimum Gasteiger partial charge on any atom is -0.295 e. The number of hydrogen-bond acceptors (Lipinski definition) is 1. The van der Waals surface area contributed by atoms with Crippen molar-refractivity contribution in [2.45, 2.75) is 43.9 Å². The van der Waals surface area contributed by atoms with Crippen molar-refractivity contribution in [3.8, 4) is 0 Å². The van der Waals surface area contributed by atoms with Gasteiger partial charge in [0, 0.05) is 11.3 Å². The van der Waals surface area contributed by atoms with Gasteiger partial charge in [0.05, 0.1) is 0 Å². The maximum Gasteiger partial charge on any atom is 0.0178 e. The Morgan fingerprint density at radius 1 is 0.864 bits per heavy atom. The van der Waals surface area contributed by atoms with Crippen molar-refractivity contribution in [2.24, 2.45) is 0 Å². The van der Waals surface area contributed by atoms with Crippen molar-refractivity contribution >= 4 is 8.07 Å².